The predicted molar refractivity (Wildman–Crippen MR) is 137 cm³/mol. The number of ether oxygens (including phenoxy) is 3. The van der Waals surface area contributed by atoms with E-state index < -0.39 is 48.8 Å². The number of aliphatic hydroxyl groups is 4. The van der Waals surface area contributed by atoms with E-state index in [0.29, 0.717) is 22.3 Å². The lowest BCUT2D eigenvalue weighted by atomic mass is 9.96. The van der Waals surface area contributed by atoms with Crippen LogP contribution in [0.15, 0.2) is 42.5 Å². The van der Waals surface area contributed by atoms with Crippen LogP contribution in [0.25, 0.3) is 10.8 Å². The highest BCUT2D eigenvalue weighted by molar-refractivity contribution is 6.10. The fourth-order valence-electron chi connectivity index (χ4n) is 5.14. The van der Waals surface area contributed by atoms with Crippen LogP contribution in [0.4, 0.5) is 0 Å². The summed E-state index contributed by atoms with van der Waals surface area (Å²) in [6.45, 7) is 1.03. The standard InChI is InChI=1S/C28H29NO10/c1-13-7-15-8-16(37-2)9-19(38-28-26(35)25(34)23(32)20(12-30)39-28)22(15)24(33)21(13)18(31)11-29-10-14-5-3-4-6-17(14)27(29)36/h3-9,20,23,25-26,28,30,32-35H,10-12H2,1-2H3. The van der Waals surface area contributed by atoms with Gasteiger partial charge in [0, 0.05) is 18.2 Å². The van der Waals surface area contributed by atoms with Crippen LogP contribution < -0.4 is 9.47 Å². The Hall–Kier alpha value is -3.74. The minimum Gasteiger partial charge on any atom is -0.506 e. The van der Waals surface area contributed by atoms with Gasteiger partial charge in [0.15, 0.2) is 5.78 Å². The summed E-state index contributed by atoms with van der Waals surface area (Å²) in [6, 6.07) is 11.8. The Morgan fingerprint density at radius 3 is 2.54 bits per heavy atom. The third kappa shape index (κ3) is 4.68. The summed E-state index contributed by atoms with van der Waals surface area (Å²) < 4.78 is 16.7. The van der Waals surface area contributed by atoms with E-state index in [1.165, 1.54) is 18.1 Å². The fourth-order valence-corrected chi connectivity index (χ4v) is 5.14. The summed E-state index contributed by atoms with van der Waals surface area (Å²) >= 11 is 0. The van der Waals surface area contributed by atoms with Gasteiger partial charge in [-0.25, -0.2) is 0 Å². The van der Waals surface area contributed by atoms with Crippen molar-refractivity contribution in [3.05, 3.63) is 64.7 Å². The van der Waals surface area contributed by atoms with Gasteiger partial charge in [0.25, 0.3) is 5.91 Å². The highest BCUT2D eigenvalue weighted by Crippen LogP contribution is 2.42. The van der Waals surface area contributed by atoms with Crippen LogP contribution in [0.5, 0.6) is 17.2 Å². The number of fused-ring (bicyclic) bond motifs is 2. The van der Waals surface area contributed by atoms with Crippen molar-refractivity contribution in [2.75, 3.05) is 20.3 Å². The molecule has 1 fully saturated rings. The van der Waals surface area contributed by atoms with Crippen LogP contribution in [-0.2, 0) is 11.3 Å². The molecule has 5 unspecified atom stereocenters. The van der Waals surface area contributed by atoms with Crippen molar-refractivity contribution in [3.63, 3.8) is 0 Å². The molecule has 0 aromatic heterocycles. The van der Waals surface area contributed by atoms with E-state index in [9.17, 15) is 35.1 Å². The average molecular weight is 540 g/mol. The first kappa shape index (κ1) is 26.9. The molecule has 1 saturated heterocycles. The third-order valence-electron chi connectivity index (χ3n) is 7.18. The molecule has 3 aromatic carbocycles. The second-order valence-electron chi connectivity index (χ2n) is 9.70. The SMILES string of the molecule is COc1cc(OC2OC(CO)C(O)C(O)C2O)c2c(O)c(C(=O)CN3Cc4ccccc4C3=O)c(C)cc2c1. The van der Waals surface area contributed by atoms with Crippen molar-refractivity contribution in [2.24, 2.45) is 0 Å². The number of ketones is 1. The quantitative estimate of drug-likeness (QED) is 0.272. The number of phenols is 1. The molecule has 0 radical (unpaired) electrons. The number of aryl methyl sites for hydroxylation is 1. The molecule has 5 rings (SSSR count). The van der Waals surface area contributed by atoms with E-state index in [0.717, 1.165) is 5.56 Å². The average Bonchev–Trinajstić information content (AvgIpc) is 3.23. The van der Waals surface area contributed by atoms with Gasteiger partial charge in [-0.2, -0.15) is 0 Å². The Balaban J connectivity index is 1.51. The van der Waals surface area contributed by atoms with Crippen LogP contribution in [-0.4, -0.2) is 93.1 Å². The number of hydrogen-bond acceptors (Lipinski definition) is 10. The number of aromatic hydroxyl groups is 1. The number of Topliss-reactive ketones (excluding diaryl/α,β-unsaturated/α-hetero) is 1. The van der Waals surface area contributed by atoms with Crippen molar-refractivity contribution in [2.45, 2.75) is 44.2 Å². The van der Waals surface area contributed by atoms with Crippen molar-refractivity contribution >= 4 is 22.5 Å². The molecular weight excluding hydrogens is 510 g/mol. The molecule has 2 aliphatic heterocycles. The van der Waals surface area contributed by atoms with Gasteiger partial charge in [0.2, 0.25) is 6.29 Å². The lowest BCUT2D eigenvalue weighted by molar-refractivity contribution is -0.277. The zero-order chi connectivity index (χ0) is 28.0. The summed E-state index contributed by atoms with van der Waals surface area (Å²) in [5.41, 5.74) is 1.81. The molecule has 5 N–H and O–H groups in total. The summed E-state index contributed by atoms with van der Waals surface area (Å²) in [4.78, 5) is 27.7. The number of aliphatic hydroxyl groups excluding tert-OH is 4. The molecule has 11 heteroatoms. The first-order valence-corrected chi connectivity index (χ1v) is 12.4. The highest BCUT2D eigenvalue weighted by Gasteiger charge is 2.45. The molecule has 0 aliphatic carbocycles. The van der Waals surface area contributed by atoms with Gasteiger partial charge in [-0.15, -0.1) is 0 Å². The number of carbonyl (C=O) groups is 2. The molecule has 2 heterocycles. The summed E-state index contributed by atoms with van der Waals surface area (Å²) in [5, 5.41) is 52.2. The maximum absolute atomic E-state index is 13.4. The maximum Gasteiger partial charge on any atom is 0.254 e. The van der Waals surface area contributed by atoms with Gasteiger partial charge in [-0.05, 0) is 35.6 Å². The lowest BCUT2D eigenvalue weighted by Gasteiger charge is -2.39. The molecular formula is C28H29NO10. The zero-order valence-electron chi connectivity index (χ0n) is 21.3. The number of amides is 1. The molecule has 3 aromatic rings. The van der Waals surface area contributed by atoms with Crippen LogP contribution in [0.2, 0.25) is 0 Å². The zero-order valence-corrected chi connectivity index (χ0v) is 21.3. The van der Waals surface area contributed by atoms with Gasteiger partial charge < -0.3 is 44.6 Å². The van der Waals surface area contributed by atoms with Gasteiger partial charge in [-0.3, -0.25) is 9.59 Å². The van der Waals surface area contributed by atoms with Gasteiger partial charge in [0.05, 0.1) is 31.2 Å². The monoisotopic (exact) mass is 539 g/mol. The molecule has 39 heavy (non-hydrogen) atoms. The first-order valence-electron chi connectivity index (χ1n) is 12.4. The second-order valence-corrected chi connectivity index (χ2v) is 9.70. The van der Waals surface area contributed by atoms with E-state index in [1.807, 2.05) is 12.1 Å². The van der Waals surface area contributed by atoms with Gasteiger partial charge >= 0.3 is 0 Å². The van der Waals surface area contributed by atoms with Crippen LogP contribution in [0, 0.1) is 6.92 Å². The molecule has 2 aliphatic rings. The molecule has 0 saturated carbocycles. The molecule has 0 bridgehead atoms. The minimum absolute atomic E-state index is 0.00456. The number of hydrogen-bond donors (Lipinski definition) is 5. The maximum atomic E-state index is 13.4. The second kappa shape index (κ2) is 10.4. The Morgan fingerprint density at radius 2 is 1.85 bits per heavy atom. The molecule has 5 atom stereocenters. The number of rotatable bonds is 7. The number of nitrogens with zero attached hydrogens (tertiary/aromatic N) is 1. The van der Waals surface area contributed by atoms with E-state index in [2.05, 4.69) is 0 Å². The Morgan fingerprint density at radius 1 is 1.10 bits per heavy atom. The minimum atomic E-state index is -1.69. The Kier molecular flexibility index (Phi) is 7.19. The Labute approximate surface area is 223 Å². The van der Waals surface area contributed by atoms with Gasteiger partial charge in [0.1, 0.15) is 41.7 Å². The summed E-state index contributed by atoms with van der Waals surface area (Å²) in [5.74, 6) is -0.859. The molecule has 11 nitrogen and oxygen atoms in total. The van der Waals surface area contributed by atoms with Crippen molar-refractivity contribution in [1.29, 1.82) is 0 Å². The van der Waals surface area contributed by atoms with Gasteiger partial charge in [-0.1, -0.05) is 24.3 Å². The fraction of sp³-hybridized carbons (Fsp3) is 0.357. The van der Waals surface area contributed by atoms with Crippen LogP contribution in [0.1, 0.15) is 31.8 Å². The first-order chi connectivity index (χ1) is 18.6. The van der Waals surface area contributed by atoms with Crippen molar-refractivity contribution in [1.82, 2.24) is 4.90 Å². The van der Waals surface area contributed by atoms with Crippen LogP contribution >= 0.6 is 0 Å². The molecule has 1 amide bonds. The number of methoxy groups -OCH3 is 1. The lowest BCUT2D eigenvalue weighted by Crippen LogP contribution is -2.60. The smallest absolute Gasteiger partial charge is 0.254 e. The largest absolute Gasteiger partial charge is 0.506 e. The number of benzene rings is 3. The predicted octanol–water partition coefficient (Wildman–Crippen LogP) is 0.880. The molecule has 0 spiro atoms. The number of phenolic OH excluding ortho intramolecular Hbond substituents is 1. The summed E-state index contributed by atoms with van der Waals surface area (Å²) in [7, 11) is 1.43. The van der Waals surface area contributed by atoms with E-state index in [-0.39, 0.29) is 35.7 Å². The van der Waals surface area contributed by atoms with Crippen molar-refractivity contribution in [3.8, 4) is 17.2 Å². The van der Waals surface area contributed by atoms with E-state index in [1.54, 1.807) is 31.2 Å². The van der Waals surface area contributed by atoms with E-state index >= 15 is 0 Å². The topological polar surface area (TPSA) is 166 Å². The normalized spacial score (nSPS) is 24.6. The van der Waals surface area contributed by atoms with E-state index in [4.69, 9.17) is 14.2 Å². The number of carbonyl (C=O) groups excluding carboxylic acids is 2. The van der Waals surface area contributed by atoms with Crippen LogP contribution in [0.3, 0.4) is 0 Å². The third-order valence-corrected chi connectivity index (χ3v) is 7.18. The summed E-state index contributed by atoms with van der Waals surface area (Å²) in [6.07, 6.45) is -7.68. The highest BCUT2D eigenvalue weighted by atomic mass is 16.7. The van der Waals surface area contributed by atoms with Crippen molar-refractivity contribution < 1.29 is 49.3 Å². The Bertz CT molecular complexity index is 1440. The molecule has 206 valence electrons.